The van der Waals surface area contributed by atoms with Gasteiger partial charge in [0.1, 0.15) is 23.9 Å². The summed E-state index contributed by atoms with van der Waals surface area (Å²) in [7, 11) is 1.64. The molecule has 0 bridgehead atoms. The number of pyridine rings is 1. The number of benzene rings is 3. The van der Waals surface area contributed by atoms with Crippen LogP contribution in [0.2, 0.25) is 0 Å². The van der Waals surface area contributed by atoms with Crippen molar-refractivity contribution in [3.05, 3.63) is 94.7 Å². The van der Waals surface area contributed by atoms with Crippen molar-refractivity contribution < 1.29 is 19.0 Å². The Morgan fingerprint density at radius 3 is 2.62 bits per heavy atom. The lowest BCUT2D eigenvalue weighted by atomic mass is 9.92. The van der Waals surface area contributed by atoms with Crippen LogP contribution in [0, 0.1) is 0 Å². The van der Waals surface area contributed by atoms with Gasteiger partial charge in [0, 0.05) is 35.0 Å². The van der Waals surface area contributed by atoms with Crippen molar-refractivity contribution in [3.63, 3.8) is 0 Å². The van der Waals surface area contributed by atoms with E-state index in [-0.39, 0.29) is 12.4 Å². The molecule has 2 heterocycles. The fraction of sp³-hybridized carbons (Fsp3) is 0.333. The zero-order valence-electron chi connectivity index (χ0n) is 24.3. The number of Topliss-reactive ketones (excluding diaryl/α,β-unsaturated/α-hetero) is 1. The van der Waals surface area contributed by atoms with E-state index in [0.29, 0.717) is 23.5 Å². The van der Waals surface area contributed by atoms with Gasteiger partial charge in [-0.15, -0.1) is 0 Å². The quantitative estimate of drug-likeness (QED) is 0.148. The van der Waals surface area contributed by atoms with Crippen molar-refractivity contribution in [2.45, 2.75) is 51.4 Å². The minimum Gasteiger partial charge on any atom is -0.497 e. The van der Waals surface area contributed by atoms with Crippen molar-refractivity contribution >= 4 is 28.4 Å². The number of unbranched alkanes of at least 4 members (excludes halogenated alkanes) is 3. The highest BCUT2D eigenvalue weighted by molar-refractivity contribution is 6.14. The van der Waals surface area contributed by atoms with E-state index in [1.807, 2.05) is 42.5 Å². The summed E-state index contributed by atoms with van der Waals surface area (Å²) in [5.74, 6) is 2.10. The number of rotatable bonds is 11. The number of nitrogens with zero attached hydrogens (tertiary/aromatic N) is 1. The third-order valence-electron chi connectivity index (χ3n) is 8.14. The van der Waals surface area contributed by atoms with Gasteiger partial charge >= 0.3 is 0 Å². The number of anilines is 1. The summed E-state index contributed by atoms with van der Waals surface area (Å²) >= 11 is 0. The Hall–Kier alpha value is -4.32. The highest BCUT2D eigenvalue weighted by Gasteiger charge is 2.24. The van der Waals surface area contributed by atoms with Gasteiger partial charge in [-0.2, -0.15) is 0 Å². The van der Waals surface area contributed by atoms with Crippen molar-refractivity contribution in [1.82, 2.24) is 4.98 Å². The van der Waals surface area contributed by atoms with Crippen molar-refractivity contribution in [2.75, 3.05) is 32.2 Å². The summed E-state index contributed by atoms with van der Waals surface area (Å²) in [6.07, 6.45) is 10.9. The maximum atomic E-state index is 13.0. The number of aryl methyl sites for hydroxylation is 1. The van der Waals surface area contributed by atoms with E-state index in [0.717, 1.165) is 67.6 Å². The maximum absolute atomic E-state index is 13.0. The van der Waals surface area contributed by atoms with Crippen LogP contribution in [0.5, 0.6) is 17.2 Å². The first-order valence-electron chi connectivity index (χ1n) is 15.1. The zero-order chi connectivity index (χ0) is 28.7. The number of hydrogen-bond acceptors (Lipinski definition) is 6. The Kier molecular flexibility index (Phi) is 8.69. The molecule has 6 rings (SSSR count). The van der Waals surface area contributed by atoms with E-state index in [4.69, 9.17) is 19.2 Å². The summed E-state index contributed by atoms with van der Waals surface area (Å²) in [6.45, 7) is 1.85. The second-order valence-electron chi connectivity index (χ2n) is 11.0. The van der Waals surface area contributed by atoms with Crippen LogP contribution in [0.3, 0.4) is 0 Å². The van der Waals surface area contributed by atoms with E-state index in [2.05, 4.69) is 29.6 Å². The summed E-state index contributed by atoms with van der Waals surface area (Å²) in [5, 5.41) is 5.01. The number of carbonyl (C=O) groups is 1. The summed E-state index contributed by atoms with van der Waals surface area (Å²) in [6, 6.07) is 21.6. The molecule has 42 heavy (non-hydrogen) atoms. The number of fused-ring (bicyclic) bond motifs is 3. The molecule has 0 unspecified atom stereocenters. The molecular weight excluding hydrogens is 524 g/mol. The second kappa shape index (κ2) is 13.1. The van der Waals surface area contributed by atoms with Crippen LogP contribution in [0.1, 0.15) is 65.7 Å². The molecule has 0 radical (unpaired) electrons. The molecule has 0 saturated carbocycles. The van der Waals surface area contributed by atoms with Crippen molar-refractivity contribution in [3.8, 4) is 17.2 Å². The molecule has 2 aliphatic rings. The van der Waals surface area contributed by atoms with Gasteiger partial charge in [-0.1, -0.05) is 43.2 Å². The number of hydrogen-bond donors (Lipinski definition) is 1. The molecule has 0 atom stereocenters. The highest BCUT2D eigenvalue weighted by atomic mass is 16.5. The molecule has 1 N–H and O–H groups in total. The third-order valence-corrected chi connectivity index (χ3v) is 8.14. The number of para-hydroxylation sites is 1. The van der Waals surface area contributed by atoms with Gasteiger partial charge in [-0.25, -0.2) is 0 Å². The van der Waals surface area contributed by atoms with Crippen LogP contribution in [-0.2, 0) is 12.8 Å². The number of nitrogens with one attached hydrogen (secondary N) is 1. The van der Waals surface area contributed by atoms with Gasteiger partial charge in [0.15, 0.2) is 5.78 Å². The topological polar surface area (TPSA) is 69.7 Å². The first-order chi connectivity index (χ1) is 20.7. The molecule has 3 aromatic carbocycles. The lowest BCUT2D eigenvalue weighted by Crippen LogP contribution is -2.19. The molecule has 6 nitrogen and oxygen atoms in total. The van der Waals surface area contributed by atoms with Gasteiger partial charge in [-0.05, 0) is 86.1 Å². The van der Waals surface area contributed by atoms with Crippen LogP contribution >= 0.6 is 0 Å². The van der Waals surface area contributed by atoms with Crippen molar-refractivity contribution in [2.24, 2.45) is 0 Å². The standard InChI is InChI=1S/C36H38N2O4/c1-40-27-16-14-25(15-17-27)22-26-24-42-34-23-28(18-19-31(34)36(26)39)41-21-9-3-2-8-20-37-35-29-10-4-6-12-32(29)38-33-13-7-5-11-30(33)35/h4,6,10,12,14-19,22-23H,2-3,5,7-9,11,13,20-21,24H2,1H3,(H,37,38)/b26-22-. The molecule has 0 amide bonds. The highest BCUT2D eigenvalue weighted by Crippen LogP contribution is 2.34. The van der Waals surface area contributed by atoms with Gasteiger partial charge < -0.3 is 19.5 Å². The zero-order valence-corrected chi connectivity index (χ0v) is 24.3. The maximum Gasteiger partial charge on any atom is 0.196 e. The Balaban J connectivity index is 0.950. The van der Waals surface area contributed by atoms with Crippen molar-refractivity contribution in [1.29, 1.82) is 0 Å². The van der Waals surface area contributed by atoms with Gasteiger partial charge in [-0.3, -0.25) is 9.78 Å². The fourth-order valence-electron chi connectivity index (χ4n) is 5.86. The van der Waals surface area contributed by atoms with E-state index < -0.39 is 0 Å². The minimum absolute atomic E-state index is 0.00694. The lowest BCUT2D eigenvalue weighted by Gasteiger charge is -2.21. The number of methoxy groups -OCH3 is 1. The molecule has 4 aromatic rings. The first kappa shape index (κ1) is 27.8. The summed E-state index contributed by atoms with van der Waals surface area (Å²) < 4.78 is 17.1. The average molecular weight is 563 g/mol. The monoisotopic (exact) mass is 562 g/mol. The SMILES string of the molecule is COc1ccc(/C=C2/COc3cc(OCCCCCCNc4c5c(nc6ccccc46)CCCC5)ccc3C2=O)cc1. The van der Waals surface area contributed by atoms with Crippen LogP contribution in [0.25, 0.3) is 17.0 Å². The Morgan fingerprint density at radius 2 is 1.74 bits per heavy atom. The molecule has 6 heteroatoms. The lowest BCUT2D eigenvalue weighted by molar-refractivity contribution is 0.100. The third kappa shape index (κ3) is 6.28. The molecule has 1 aliphatic heterocycles. The Bertz CT molecular complexity index is 1590. The van der Waals surface area contributed by atoms with E-state index in [1.54, 1.807) is 13.2 Å². The predicted molar refractivity (Wildman–Crippen MR) is 168 cm³/mol. The van der Waals surface area contributed by atoms with Crippen LogP contribution < -0.4 is 19.5 Å². The molecule has 0 fully saturated rings. The smallest absolute Gasteiger partial charge is 0.196 e. The molecule has 0 saturated heterocycles. The molecule has 1 aliphatic carbocycles. The molecule has 0 spiro atoms. The minimum atomic E-state index is -0.00694. The fourth-order valence-corrected chi connectivity index (χ4v) is 5.86. The van der Waals surface area contributed by atoms with Crippen LogP contribution in [-0.4, -0.2) is 37.6 Å². The Morgan fingerprint density at radius 1 is 0.929 bits per heavy atom. The van der Waals surface area contributed by atoms with Crippen LogP contribution in [0.4, 0.5) is 5.69 Å². The number of carbonyl (C=O) groups excluding carboxylic acids is 1. The van der Waals surface area contributed by atoms with Gasteiger partial charge in [0.2, 0.25) is 0 Å². The number of aromatic nitrogens is 1. The number of ketones is 1. The summed E-state index contributed by atoms with van der Waals surface area (Å²) in [4.78, 5) is 18.0. The average Bonchev–Trinajstić information content (AvgIpc) is 3.03. The van der Waals surface area contributed by atoms with Crippen LogP contribution in [0.15, 0.2) is 72.3 Å². The summed E-state index contributed by atoms with van der Waals surface area (Å²) in [5.41, 5.74) is 7.24. The molecular formula is C36H38N2O4. The largest absolute Gasteiger partial charge is 0.497 e. The van der Waals surface area contributed by atoms with Gasteiger partial charge in [0.05, 0.1) is 24.8 Å². The normalized spacial score (nSPS) is 15.2. The van der Waals surface area contributed by atoms with E-state index in [9.17, 15) is 4.79 Å². The van der Waals surface area contributed by atoms with E-state index in [1.165, 1.54) is 35.2 Å². The second-order valence-corrected chi connectivity index (χ2v) is 11.0. The predicted octanol–water partition coefficient (Wildman–Crippen LogP) is 7.83. The van der Waals surface area contributed by atoms with E-state index >= 15 is 0 Å². The first-order valence-corrected chi connectivity index (χ1v) is 15.1. The number of ether oxygens (including phenoxy) is 3. The Labute approximate surface area is 247 Å². The van der Waals surface area contributed by atoms with Gasteiger partial charge in [0.25, 0.3) is 0 Å². The molecule has 1 aromatic heterocycles. The molecule has 216 valence electrons.